The molecule has 1 N–H and O–H groups in total. The Balaban J connectivity index is 1.30. The Morgan fingerprint density at radius 2 is 1.76 bits per heavy atom. The van der Waals surface area contributed by atoms with Gasteiger partial charge in [-0.1, -0.05) is 51.1 Å². The van der Waals surface area contributed by atoms with E-state index < -0.39 is 0 Å². The number of nitrogens with zero attached hydrogens (tertiary/aromatic N) is 3. The van der Waals surface area contributed by atoms with Gasteiger partial charge in [0, 0.05) is 30.3 Å². The first-order valence-corrected chi connectivity index (χ1v) is 13.1. The first kappa shape index (κ1) is 25.7. The normalized spacial score (nSPS) is 15.5. The van der Waals surface area contributed by atoms with Crippen LogP contribution in [0.4, 0.5) is 0 Å². The molecule has 0 saturated carbocycles. The van der Waals surface area contributed by atoms with E-state index in [0.29, 0.717) is 38.0 Å². The van der Waals surface area contributed by atoms with Crippen LogP contribution in [0.3, 0.4) is 0 Å². The average Bonchev–Trinajstić information content (AvgIpc) is 3.42. The van der Waals surface area contributed by atoms with Crippen LogP contribution in [-0.2, 0) is 23.4 Å². The predicted octanol–water partition coefficient (Wildman–Crippen LogP) is 5.21. The molecule has 3 heterocycles. The van der Waals surface area contributed by atoms with Crippen molar-refractivity contribution in [2.45, 2.75) is 39.3 Å². The Labute approximate surface area is 223 Å². The molecule has 0 spiro atoms. The zero-order chi connectivity index (χ0) is 26.5. The summed E-state index contributed by atoms with van der Waals surface area (Å²) in [6.45, 7) is 9.54. The molecule has 7 nitrogen and oxygen atoms in total. The van der Waals surface area contributed by atoms with Crippen molar-refractivity contribution in [3.63, 3.8) is 0 Å². The molecule has 0 bridgehead atoms. The number of nitrogens with one attached hydrogen (secondary N) is 1. The molecule has 0 radical (unpaired) electrons. The highest BCUT2D eigenvalue weighted by Gasteiger charge is 2.32. The topological polar surface area (TPSA) is 80.5 Å². The molecule has 196 valence electrons. The molecular weight excluding hydrogens is 476 g/mol. The molecular formula is C31H34N4O3. The molecule has 2 aromatic carbocycles. The fourth-order valence-electron chi connectivity index (χ4n) is 4.85. The molecule has 1 aliphatic heterocycles. The van der Waals surface area contributed by atoms with Crippen LogP contribution < -0.4 is 10.1 Å². The third-order valence-corrected chi connectivity index (χ3v) is 7.55. The number of ether oxygens (including phenoxy) is 1. The van der Waals surface area contributed by atoms with Crippen LogP contribution in [0.2, 0.25) is 0 Å². The molecule has 1 saturated heterocycles. The van der Waals surface area contributed by atoms with E-state index in [0.717, 1.165) is 29.2 Å². The van der Waals surface area contributed by atoms with E-state index in [2.05, 4.69) is 72.5 Å². The molecule has 7 heteroatoms. The van der Waals surface area contributed by atoms with Gasteiger partial charge in [-0.25, -0.2) is 4.98 Å². The lowest BCUT2D eigenvalue weighted by Gasteiger charge is -2.35. The molecule has 1 aliphatic rings. The molecule has 1 amide bonds. The van der Waals surface area contributed by atoms with Crippen LogP contribution in [0.5, 0.6) is 5.75 Å². The summed E-state index contributed by atoms with van der Waals surface area (Å²) in [6, 6.07) is 22.6. The maximum absolute atomic E-state index is 12.1. The zero-order valence-electron chi connectivity index (χ0n) is 22.2. The summed E-state index contributed by atoms with van der Waals surface area (Å²) in [5.41, 5.74) is 4.83. The monoisotopic (exact) mass is 510 g/mol. The largest absolute Gasteiger partial charge is 0.487 e. The van der Waals surface area contributed by atoms with E-state index >= 15 is 0 Å². The van der Waals surface area contributed by atoms with Gasteiger partial charge in [0.25, 0.3) is 0 Å². The Bertz CT molecular complexity index is 1350. The minimum Gasteiger partial charge on any atom is -0.487 e. The third kappa shape index (κ3) is 5.48. The number of aromatic nitrogens is 2. The van der Waals surface area contributed by atoms with Gasteiger partial charge in [0.15, 0.2) is 0 Å². The van der Waals surface area contributed by atoms with Gasteiger partial charge in [-0.2, -0.15) is 0 Å². The van der Waals surface area contributed by atoms with E-state index in [9.17, 15) is 4.79 Å². The highest BCUT2D eigenvalue weighted by molar-refractivity contribution is 5.78. The highest BCUT2D eigenvalue weighted by atomic mass is 16.5. The number of pyridine rings is 1. The maximum atomic E-state index is 12.1. The van der Waals surface area contributed by atoms with Crippen molar-refractivity contribution >= 4 is 5.91 Å². The van der Waals surface area contributed by atoms with Crippen molar-refractivity contribution in [1.29, 1.82) is 0 Å². The Hall–Kier alpha value is -3.97. The lowest BCUT2D eigenvalue weighted by Crippen LogP contribution is -2.47. The van der Waals surface area contributed by atoms with Crippen LogP contribution in [0.15, 0.2) is 83.6 Å². The number of hydrogen-bond donors (Lipinski definition) is 1. The average molecular weight is 511 g/mol. The number of oxazole rings is 1. The summed E-state index contributed by atoms with van der Waals surface area (Å²) >= 11 is 0. The molecule has 1 fully saturated rings. The fraction of sp³-hybridized carbons (Fsp3) is 0.323. The van der Waals surface area contributed by atoms with Crippen molar-refractivity contribution < 1.29 is 13.9 Å². The SMILES string of the molecule is CC(C)C(C)(c1ccc(OCc2ccccn2)cc1)c1ccc(-c2nc(CN3CCNCC3=O)co2)cc1. The van der Waals surface area contributed by atoms with E-state index in [1.54, 1.807) is 12.5 Å². The van der Waals surface area contributed by atoms with Crippen LogP contribution in [0, 0.1) is 5.92 Å². The summed E-state index contributed by atoms with van der Waals surface area (Å²) in [4.78, 5) is 22.9. The van der Waals surface area contributed by atoms with E-state index in [4.69, 9.17) is 9.15 Å². The number of hydrogen-bond acceptors (Lipinski definition) is 6. The number of rotatable bonds is 9. The van der Waals surface area contributed by atoms with E-state index in [1.807, 2.05) is 35.2 Å². The number of benzene rings is 2. The van der Waals surface area contributed by atoms with Gasteiger partial charge in [0.1, 0.15) is 18.6 Å². The quantitative estimate of drug-likeness (QED) is 0.333. The summed E-state index contributed by atoms with van der Waals surface area (Å²) < 4.78 is 11.7. The molecule has 1 unspecified atom stereocenters. The molecule has 0 aliphatic carbocycles. The van der Waals surface area contributed by atoms with Gasteiger partial charge in [0.05, 0.1) is 24.5 Å². The molecule has 2 aromatic heterocycles. The van der Waals surface area contributed by atoms with Gasteiger partial charge in [0.2, 0.25) is 11.8 Å². The van der Waals surface area contributed by atoms with Crippen LogP contribution in [-0.4, -0.2) is 40.4 Å². The standard InChI is InChI=1S/C31H34N4O3/c1-22(2)31(3,25-11-13-28(14-12-25)37-20-26-6-4-5-15-33-26)24-9-7-23(8-10-24)30-34-27(21-38-30)19-35-17-16-32-18-29(35)36/h4-15,21-22,32H,16-20H2,1-3H3. The molecule has 4 aromatic rings. The Morgan fingerprint density at radius 3 is 2.42 bits per heavy atom. The van der Waals surface area contributed by atoms with Crippen LogP contribution in [0.25, 0.3) is 11.5 Å². The molecule has 5 rings (SSSR count). The lowest BCUT2D eigenvalue weighted by atomic mass is 9.68. The van der Waals surface area contributed by atoms with E-state index in [1.165, 1.54) is 11.1 Å². The van der Waals surface area contributed by atoms with Crippen LogP contribution in [0.1, 0.15) is 43.3 Å². The van der Waals surface area contributed by atoms with Gasteiger partial charge < -0.3 is 19.4 Å². The van der Waals surface area contributed by atoms with Crippen molar-refractivity contribution in [2.75, 3.05) is 19.6 Å². The van der Waals surface area contributed by atoms with Crippen molar-refractivity contribution in [3.05, 3.63) is 102 Å². The van der Waals surface area contributed by atoms with Gasteiger partial charge >= 0.3 is 0 Å². The minimum atomic E-state index is -0.192. The number of carbonyl (C=O) groups is 1. The van der Waals surface area contributed by atoms with Crippen molar-refractivity contribution in [2.24, 2.45) is 5.92 Å². The predicted molar refractivity (Wildman–Crippen MR) is 147 cm³/mol. The first-order valence-electron chi connectivity index (χ1n) is 13.1. The number of piperazine rings is 1. The lowest BCUT2D eigenvalue weighted by molar-refractivity contribution is -0.132. The van der Waals surface area contributed by atoms with Crippen molar-refractivity contribution in [3.8, 4) is 17.2 Å². The third-order valence-electron chi connectivity index (χ3n) is 7.55. The molecule has 1 atom stereocenters. The molecule has 38 heavy (non-hydrogen) atoms. The van der Waals surface area contributed by atoms with Crippen LogP contribution >= 0.6 is 0 Å². The minimum absolute atomic E-state index is 0.0888. The summed E-state index contributed by atoms with van der Waals surface area (Å²) in [5, 5.41) is 3.09. The van der Waals surface area contributed by atoms with E-state index in [-0.39, 0.29) is 11.3 Å². The van der Waals surface area contributed by atoms with Gasteiger partial charge in [-0.15, -0.1) is 0 Å². The maximum Gasteiger partial charge on any atom is 0.236 e. The highest BCUT2D eigenvalue weighted by Crippen LogP contribution is 2.40. The zero-order valence-corrected chi connectivity index (χ0v) is 22.2. The second-order valence-electron chi connectivity index (χ2n) is 10.2. The second kappa shape index (κ2) is 11.2. The van der Waals surface area contributed by atoms with Crippen molar-refractivity contribution in [1.82, 2.24) is 20.2 Å². The second-order valence-corrected chi connectivity index (χ2v) is 10.2. The first-order chi connectivity index (χ1) is 18.4. The number of amides is 1. The summed E-state index contributed by atoms with van der Waals surface area (Å²) in [7, 11) is 0. The Kier molecular flexibility index (Phi) is 7.56. The smallest absolute Gasteiger partial charge is 0.236 e. The summed E-state index contributed by atoms with van der Waals surface area (Å²) in [5.74, 6) is 1.84. The van der Waals surface area contributed by atoms with Gasteiger partial charge in [-0.05, 0) is 53.4 Å². The summed E-state index contributed by atoms with van der Waals surface area (Å²) in [6.07, 6.45) is 3.42. The Morgan fingerprint density at radius 1 is 1.03 bits per heavy atom. The van der Waals surface area contributed by atoms with Gasteiger partial charge in [-0.3, -0.25) is 9.78 Å². The number of carbonyl (C=O) groups excluding carboxylic acids is 1. The fourth-order valence-corrected chi connectivity index (χ4v) is 4.85.